The lowest BCUT2D eigenvalue weighted by atomic mass is 10.1. The largest absolute Gasteiger partial charge is 0.480 e. The number of carbonyl (C=O) groups is 2. The number of nitrogens with one attached hydrogen (secondary N) is 1. The zero-order valence-corrected chi connectivity index (χ0v) is 9.99. The summed E-state index contributed by atoms with van der Waals surface area (Å²) in [4.78, 5) is 23.9. The third-order valence-corrected chi connectivity index (χ3v) is 2.10. The second-order valence-electron chi connectivity index (χ2n) is 4.07. The molecule has 0 fully saturated rings. The molecule has 0 aromatic carbocycles. The minimum atomic E-state index is -1.31. The number of nitrogens with zero attached hydrogens (tertiary/aromatic N) is 1. The number of urea groups is 1. The van der Waals surface area contributed by atoms with Crippen molar-refractivity contribution in [1.82, 2.24) is 10.2 Å². The highest BCUT2D eigenvalue weighted by Gasteiger charge is 2.30. The number of aliphatic hydroxyl groups excluding tert-OH is 1. The first-order valence-corrected chi connectivity index (χ1v) is 5.26. The fourth-order valence-corrected chi connectivity index (χ4v) is 1.11. The van der Waals surface area contributed by atoms with Crippen molar-refractivity contribution in [3.05, 3.63) is 0 Å². The predicted molar refractivity (Wildman–Crippen MR) is 59.2 cm³/mol. The maximum atomic E-state index is 11.7. The van der Waals surface area contributed by atoms with Crippen molar-refractivity contribution in [2.24, 2.45) is 0 Å². The van der Waals surface area contributed by atoms with Crippen LogP contribution in [0, 0.1) is 0 Å². The molecule has 0 aliphatic carbocycles. The van der Waals surface area contributed by atoms with E-state index in [9.17, 15) is 9.59 Å². The van der Waals surface area contributed by atoms with Crippen LogP contribution >= 0.6 is 0 Å². The quantitative estimate of drug-likeness (QED) is 0.613. The van der Waals surface area contributed by atoms with E-state index in [2.05, 4.69) is 5.32 Å². The standard InChI is InChI=1S/C10H20N2O4/c1-4-5-12(6-7-13)9(16)11-10(2,3)8(14)15/h13H,4-7H2,1-3H3,(H,11,16)(H,14,15). The molecule has 6 nitrogen and oxygen atoms in total. The SMILES string of the molecule is CCCN(CCO)C(=O)NC(C)(C)C(=O)O. The average molecular weight is 232 g/mol. The number of hydrogen-bond donors (Lipinski definition) is 3. The van der Waals surface area contributed by atoms with Gasteiger partial charge in [-0.2, -0.15) is 0 Å². The molecule has 0 aromatic rings. The van der Waals surface area contributed by atoms with Crippen LogP contribution in [0.4, 0.5) is 4.79 Å². The third kappa shape index (κ3) is 4.48. The molecule has 0 aliphatic heterocycles. The molecule has 0 aromatic heterocycles. The number of aliphatic hydroxyl groups is 1. The van der Waals surface area contributed by atoms with Gasteiger partial charge in [0.25, 0.3) is 0 Å². The van der Waals surface area contributed by atoms with E-state index < -0.39 is 17.5 Å². The Morgan fingerprint density at radius 1 is 1.31 bits per heavy atom. The van der Waals surface area contributed by atoms with E-state index in [-0.39, 0.29) is 13.2 Å². The first-order valence-electron chi connectivity index (χ1n) is 5.26. The van der Waals surface area contributed by atoms with Gasteiger partial charge in [0.05, 0.1) is 6.61 Å². The zero-order chi connectivity index (χ0) is 12.8. The van der Waals surface area contributed by atoms with Crippen molar-refractivity contribution in [3.63, 3.8) is 0 Å². The van der Waals surface area contributed by atoms with Crippen molar-refractivity contribution in [3.8, 4) is 0 Å². The van der Waals surface area contributed by atoms with E-state index >= 15 is 0 Å². The normalized spacial score (nSPS) is 11.0. The van der Waals surface area contributed by atoms with Crippen LogP contribution in [0.1, 0.15) is 27.2 Å². The molecular weight excluding hydrogens is 212 g/mol. The third-order valence-electron chi connectivity index (χ3n) is 2.10. The fraction of sp³-hybridized carbons (Fsp3) is 0.800. The summed E-state index contributed by atoms with van der Waals surface area (Å²) in [5.41, 5.74) is -1.31. The first-order chi connectivity index (χ1) is 7.35. The van der Waals surface area contributed by atoms with E-state index in [0.29, 0.717) is 6.54 Å². The Morgan fingerprint density at radius 2 is 1.88 bits per heavy atom. The van der Waals surface area contributed by atoms with Crippen LogP contribution in [-0.2, 0) is 4.79 Å². The van der Waals surface area contributed by atoms with Crippen molar-refractivity contribution >= 4 is 12.0 Å². The van der Waals surface area contributed by atoms with Gasteiger partial charge in [0.2, 0.25) is 0 Å². The molecule has 3 N–H and O–H groups in total. The lowest BCUT2D eigenvalue weighted by Crippen LogP contribution is -2.54. The molecule has 2 amide bonds. The highest BCUT2D eigenvalue weighted by atomic mass is 16.4. The van der Waals surface area contributed by atoms with Crippen molar-refractivity contribution < 1.29 is 19.8 Å². The van der Waals surface area contributed by atoms with Crippen LogP contribution in [-0.4, -0.2) is 52.3 Å². The Bertz CT molecular complexity index is 247. The van der Waals surface area contributed by atoms with Crippen LogP contribution < -0.4 is 5.32 Å². The van der Waals surface area contributed by atoms with E-state index in [1.54, 1.807) is 0 Å². The molecule has 0 bridgehead atoms. The Balaban J connectivity index is 4.45. The van der Waals surface area contributed by atoms with Gasteiger partial charge in [-0.05, 0) is 20.3 Å². The van der Waals surface area contributed by atoms with E-state index in [1.807, 2.05) is 6.92 Å². The smallest absolute Gasteiger partial charge is 0.328 e. The molecule has 0 radical (unpaired) electrons. The number of hydrogen-bond acceptors (Lipinski definition) is 3. The molecule has 0 spiro atoms. The molecule has 0 saturated carbocycles. The van der Waals surface area contributed by atoms with Gasteiger partial charge in [-0.15, -0.1) is 0 Å². The van der Waals surface area contributed by atoms with Crippen LogP contribution in [0.5, 0.6) is 0 Å². The van der Waals surface area contributed by atoms with Gasteiger partial charge in [-0.25, -0.2) is 9.59 Å². The fourth-order valence-electron chi connectivity index (χ4n) is 1.11. The molecule has 0 heterocycles. The zero-order valence-electron chi connectivity index (χ0n) is 9.99. The Labute approximate surface area is 95.2 Å². The summed E-state index contributed by atoms with van der Waals surface area (Å²) < 4.78 is 0. The first kappa shape index (κ1) is 14.7. The number of carboxylic acid groups (broad SMARTS) is 1. The van der Waals surface area contributed by atoms with Crippen LogP contribution in [0.15, 0.2) is 0 Å². The Morgan fingerprint density at radius 3 is 2.25 bits per heavy atom. The van der Waals surface area contributed by atoms with E-state index in [0.717, 1.165) is 6.42 Å². The second kappa shape index (κ2) is 6.32. The number of aliphatic carboxylic acids is 1. The van der Waals surface area contributed by atoms with Gasteiger partial charge in [0.1, 0.15) is 5.54 Å². The summed E-state index contributed by atoms with van der Waals surface area (Å²) in [7, 11) is 0. The average Bonchev–Trinajstić information content (AvgIpc) is 2.16. The lowest BCUT2D eigenvalue weighted by molar-refractivity contribution is -0.143. The Kier molecular flexibility index (Phi) is 5.81. The maximum Gasteiger partial charge on any atom is 0.328 e. The predicted octanol–water partition coefficient (Wildman–Crippen LogP) is 0.263. The van der Waals surface area contributed by atoms with Crippen LogP contribution in [0.3, 0.4) is 0 Å². The topological polar surface area (TPSA) is 89.9 Å². The number of carboxylic acids is 1. The summed E-state index contributed by atoms with van der Waals surface area (Å²) in [6, 6.07) is -0.469. The highest BCUT2D eigenvalue weighted by Crippen LogP contribution is 2.03. The summed E-state index contributed by atoms with van der Waals surface area (Å²) >= 11 is 0. The molecule has 0 atom stereocenters. The highest BCUT2D eigenvalue weighted by molar-refractivity contribution is 5.85. The number of carbonyl (C=O) groups excluding carboxylic acids is 1. The summed E-state index contributed by atoms with van der Waals surface area (Å²) in [5, 5.41) is 20.0. The monoisotopic (exact) mass is 232 g/mol. The molecule has 0 aliphatic rings. The molecule has 16 heavy (non-hydrogen) atoms. The van der Waals surface area contributed by atoms with Crippen molar-refractivity contribution in [2.75, 3.05) is 19.7 Å². The van der Waals surface area contributed by atoms with E-state index in [1.165, 1.54) is 18.7 Å². The molecule has 6 heteroatoms. The molecule has 94 valence electrons. The van der Waals surface area contributed by atoms with E-state index in [4.69, 9.17) is 10.2 Å². The van der Waals surface area contributed by atoms with Crippen LogP contribution in [0.25, 0.3) is 0 Å². The van der Waals surface area contributed by atoms with Gasteiger partial charge < -0.3 is 20.4 Å². The summed E-state index contributed by atoms with van der Waals surface area (Å²) in [6.07, 6.45) is 0.751. The van der Waals surface area contributed by atoms with Crippen molar-refractivity contribution in [2.45, 2.75) is 32.7 Å². The number of rotatable bonds is 6. The molecule has 0 saturated heterocycles. The number of amides is 2. The van der Waals surface area contributed by atoms with Crippen LogP contribution in [0.2, 0.25) is 0 Å². The maximum absolute atomic E-state index is 11.7. The van der Waals surface area contributed by atoms with Gasteiger partial charge in [0, 0.05) is 13.1 Å². The van der Waals surface area contributed by atoms with Crippen molar-refractivity contribution in [1.29, 1.82) is 0 Å². The minimum Gasteiger partial charge on any atom is -0.480 e. The molecular formula is C10H20N2O4. The van der Waals surface area contributed by atoms with Gasteiger partial charge in [0.15, 0.2) is 0 Å². The summed E-state index contributed by atoms with van der Waals surface area (Å²) in [5.74, 6) is -1.10. The Hall–Kier alpha value is -1.30. The van der Waals surface area contributed by atoms with Gasteiger partial charge in [-0.1, -0.05) is 6.92 Å². The molecule has 0 unspecified atom stereocenters. The minimum absolute atomic E-state index is 0.138. The second-order valence-corrected chi connectivity index (χ2v) is 4.07. The van der Waals surface area contributed by atoms with Gasteiger partial charge >= 0.3 is 12.0 Å². The lowest BCUT2D eigenvalue weighted by Gasteiger charge is -2.27. The summed E-state index contributed by atoms with van der Waals surface area (Å²) in [6.45, 7) is 5.28. The van der Waals surface area contributed by atoms with Gasteiger partial charge in [-0.3, -0.25) is 0 Å². The molecule has 0 rings (SSSR count).